The van der Waals surface area contributed by atoms with Gasteiger partial charge in [0.1, 0.15) is 5.69 Å². The van der Waals surface area contributed by atoms with Crippen molar-refractivity contribution in [2.45, 2.75) is 4.90 Å². The number of hydrogen-bond acceptors (Lipinski definition) is 6. The van der Waals surface area contributed by atoms with Crippen LogP contribution in [0.3, 0.4) is 0 Å². The number of hydrogen-bond donors (Lipinski definition) is 2. The Balaban J connectivity index is 1.70. The molecule has 1 heterocycles. The quantitative estimate of drug-likeness (QED) is 0.484. The van der Waals surface area contributed by atoms with E-state index in [9.17, 15) is 13.2 Å². The van der Waals surface area contributed by atoms with Gasteiger partial charge in [-0.2, -0.15) is 0 Å². The first-order valence-corrected chi connectivity index (χ1v) is 11.3. The fourth-order valence-electron chi connectivity index (χ4n) is 3.30. The Kier molecular flexibility index (Phi) is 5.60. The van der Waals surface area contributed by atoms with Crippen LogP contribution in [0, 0.1) is 0 Å². The Morgan fingerprint density at radius 2 is 1.50 bits per heavy atom. The Bertz CT molecular complexity index is 1400. The second-order valence-electron chi connectivity index (χ2n) is 7.41. The van der Waals surface area contributed by atoms with Gasteiger partial charge in [-0.25, -0.2) is 13.6 Å². The van der Waals surface area contributed by atoms with E-state index in [0.717, 1.165) is 16.3 Å². The van der Waals surface area contributed by atoms with E-state index >= 15 is 0 Å². The van der Waals surface area contributed by atoms with Crippen molar-refractivity contribution in [3.63, 3.8) is 0 Å². The first-order valence-electron chi connectivity index (χ1n) is 9.71. The molecule has 3 N–H and O–H groups in total. The number of primary sulfonamides is 1. The first-order chi connectivity index (χ1) is 15.2. The van der Waals surface area contributed by atoms with Gasteiger partial charge in [-0.05, 0) is 36.4 Å². The number of amides is 1. The van der Waals surface area contributed by atoms with Crippen molar-refractivity contribution in [2.24, 2.45) is 5.14 Å². The van der Waals surface area contributed by atoms with Gasteiger partial charge in [0.2, 0.25) is 10.0 Å². The predicted molar refractivity (Wildman–Crippen MR) is 124 cm³/mol. The molecule has 0 saturated carbocycles. The minimum Gasteiger partial charge on any atom is -0.345 e. The monoisotopic (exact) mass is 447 g/mol. The van der Waals surface area contributed by atoms with E-state index in [-0.39, 0.29) is 10.8 Å². The third-order valence-electron chi connectivity index (χ3n) is 4.94. The zero-order valence-electron chi connectivity index (χ0n) is 17.5. The van der Waals surface area contributed by atoms with Crippen LogP contribution >= 0.6 is 0 Å². The summed E-state index contributed by atoms with van der Waals surface area (Å²) in [5, 5.41) is 18.8. The van der Waals surface area contributed by atoms with Crippen molar-refractivity contribution in [2.75, 3.05) is 19.4 Å². The smallest absolute Gasteiger partial charge is 0.253 e. The van der Waals surface area contributed by atoms with Crippen LogP contribution in [0.5, 0.6) is 0 Å². The van der Waals surface area contributed by atoms with Gasteiger partial charge in [-0.1, -0.05) is 36.4 Å². The van der Waals surface area contributed by atoms with Crippen LogP contribution in [0.2, 0.25) is 0 Å². The molecule has 32 heavy (non-hydrogen) atoms. The van der Waals surface area contributed by atoms with E-state index in [1.165, 1.54) is 17.0 Å². The lowest BCUT2D eigenvalue weighted by Gasteiger charge is -2.13. The van der Waals surface area contributed by atoms with E-state index < -0.39 is 10.0 Å². The second kappa shape index (κ2) is 8.37. The fourth-order valence-corrected chi connectivity index (χ4v) is 3.82. The van der Waals surface area contributed by atoms with E-state index in [2.05, 4.69) is 15.5 Å². The highest BCUT2D eigenvalue weighted by Gasteiger charge is 2.13. The minimum atomic E-state index is -3.76. The van der Waals surface area contributed by atoms with Gasteiger partial charge in [0.25, 0.3) is 5.91 Å². The van der Waals surface area contributed by atoms with Crippen molar-refractivity contribution in [3.8, 4) is 11.3 Å². The molecule has 0 fully saturated rings. The van der Waals surface area contributed by atoms with Crippen LogP contribution in [-0.2, 0) is 10.0 Å². The molecule has 0 aliphatic rings. The summed E-state index contributed by atoms with van der Waals surface area (Å²) in [5.74, 6) is 0.465. The van der Waals surface area contributed by atoms with Crippen LogP contribution in [0.25, 0.3) is 22.0 Å². The number of nitrogens with two attached hydrogens (primary N) is 1. The van der Waals surface area contributed by atoms with Crippen LogP contribution in [0.15, 0.2) is 77.7 Å². The molecule has 4 rings (SSSR count). The predicted octanol–water partition coefficient (Wildman–Crippen LogP) is 3.39. The van der Waals surface area contributed by atoms with Crippen molar-refractivity contribution in [1.82, 2.24) is 15.1 Å². The number of nitrogens with one attached hydrogen (secondary N) is 1. The average molecular weight is 448 g/mol. The molecular weight excluding hydrogens is 426 g/mol. The summed E-state index contributed by atoms with van der Waals surface area (Å²) in [6, 6.07) is 21.0. The van der Waals surface area contributed by atoms with Gasteiger partial charge < -0.3 is 10.2 Å². The maximum Gasteiger partial charge on any atom is 0.253 e. The SMILES string of the molecule is CN(C)C(=O)c1ccc(-c2nnc(Nc3ccc(S(N)(=O)=O)cc3)c3ccccc23)cc1. The summed E-state index contributed by atoms with van der Waals surface area (Å²) in [6.45, 7) is 0. The molecule has 4 aromatic rings. The van der Waals surface area contributed by atoms with Crippen LogP contribution < -0.4 is 10.5 Å². The van der Waals surface area contributed by atoms with E-state index in [1.54, 1.807) is 38.4 Å². The molecule has 0 atom stereocenters. The zero-order valence-corrected chi connectivity index (χ0v) is 18.3. The maximum absolute atomic E-state index is 12.1. The Hall–Kier alpha value is -3.82. The van der Waals surface area contributed by atoms with E-state index in [4.69, 9.17) is 5.14 Å². The number of benzene rings is 3. The molecule has 0 unspecified atom stereocenters. The highest BCUT2D eigenvalue weighted by atomic mass is 32.2. The van der Waals surface area contributed by atoms with Crippen molar-refractivity contribution in [1.29, 1.82) is 0 Å². The lowest BCUT2D eigenvalue weighted by atomic mass is 10.0. The highest BCUT2D eigenvalue weighted by Crippen LogP contribution is 2.31. The number of carbonyl (C=O) groups excluding carboxylic acids is 1. The van der Waals surface area contributed by atoms with Gasteiger partial charge in [0, 0.05) is 41.7 Å². The molecule has 8 nitrogen and oxygen atoms in total. The number of aromatic nitrogens is 2. The normalized spacial score (nSPS) is 11.3. The molecule has 3 aromatic carbocycles. The van der Waals surface area contributed by atoms with E-state index in [0.29, 0.717) is 22.8 Å². The summed E-state index contributed by atoms with van der Waals surface area (Å²) in [7, 11) is -0.333. The molecule has 1 amide bonds. The van der Waals surface area contributed by atoms with Crippen molar-refractivity contribution in [3.05, 3.63) is 78.4 Å². The van der Waals surface area contributed by atoms with Gasteiger partial charge >= 0.3 is 0 Å². The lowest BCUT2D eigenvalue weighted by molar-refractivity contribution is 0.0827. The standard InChI is InChI=1S/C23H21N5O3S/c1-28(2)23(29)16-9-7-15(8-10-16)21-19-5-3-4-6-20(19)22(27-26-21)25-17-11-13-18(14-12-17)32(24,30)31/h3-14H,1-2H3,(H,25,27)(H2,24,30,31). The number of nitrogens with zero attached hydrogens (tertiary/aromatic N) is 3. The summed E-state index contributed by atoms with van der Waals surface area (Å²) in [6.07, 6.45) is 0. The summed E-state index contributed by atoms with van der Waals surface area (Å²) in [4.78, 5) is 13.7. The lowest BCUT2D eigenvalue weighted by Crippen LogP contribution is -2.21. The molecule has 0 bridgehead atoms. The van der Waals surface area contributed by atoms with Crippen LogP contribution in [-0.4, -0.2) is 43.5 Å². The number of sulfonamides is 1. The topological polar surface area (TPSA) is 118 Å². The first kappa shape index (κ1) is 21.4. The molecule has 0 radical (unpaired) electrons. The van der Waals surface area contributed by atoms with Crippen molar-refractivity contribution >= 4 is 38.2 Å². The number of carbonyl (C=O) groups is 1. The summed E-state index contributed by atoms with van der Waals surface area (Å²) < 4.78 is 22.9. The molecular formula is C23H21N5O3S. The third-order valence-corrected chi connectivity index (χ3v) is 5.87. The van der Waals surface area contributed by atoms with Gasteiger partial charge in [-0.15, -0.1) is 10.2 Å². The van der Waals surface area contributed by atoms with Gasteiger partial charge in [0.05, 0.1) is 4.90 Å². The Morgan fingerprint density at radius 1 is 0.875 bits per heavy atom. The van der Waals surface area contributed by atoms with E-state index in [1.807, 2.05) is 36.4 Å². The number of fused-ring (bicyclic) bond motifs is 1. The maximum atomic E-state index is 12.1. The minimum absolute atomic E-state index is 0.0329. The van der Waals surface area contributed by atoms with Crippen LogP contribution in [0.1, 0.15) is 10.4 Å². The largest absolute Gasteiger partial charge is 0.345 e. The molecule has 0 aliphatic carbocycles. The molecule has 9 heteroatoms. The fraction of sp³-hybridized carbons (Fsp3) is 0.0870. The Morgan fingerprint density at radius 3 is 2.09 bits per heavy atom. The highest BCUT2D eigenvalue weighted by molar-refractivity contribution is 7.89. The molecule has 0 aliphatic heterocycles. The number of rotatable bonds is 5. The molecule has 1 aromatic heterocycles. The van der Waals surface area contributed by atoms with Gasteiger partial charge in [0.15, 0.2) is 5.82 Å². The van der Waals surface area contributed by atoms with Crippen molar-refractivity contribution < 1.29 is 13.2 Å². The molecule has 0 saturated heterocycles. The average Bonchev–Trinajstić information content (AvgIpc) is 2.79. The molecule has 0 spiro atoms. The zero-order chi connectivity index (χ0) is 22.9. The van der Waals surface area contributed by atoms with Crippen LogP contribution in [0.4, 0.5) is 11.5 Å². The third kappa shape index (κ3) is 4.29. The number of anilines is 2. The second-order valence-corrected chi connectivity index (χ2v) is 8.98. The molecule has 162 valence electrons. The van der Waals surface area contributed by atoms with Gasteiger partial charge in [-0.3, -0.25) is 4.79 Å². The Labute approximate surface area is 185 Å². The summed E-state index contributed by atoms with van der Waals surface area (Å²) >= 11 is 0. The summed E-state index contributed by atoms with van der Waals surface area (Å²) in [5.41, 5.74) is 2.78.